The number of carbonyl (C=O) groups is 2. The summed E-state index contributed by atoms with van der Waals surface area (Å²) in [6, 6.07) is 28.3. The summed E-state index contributed by atoms with van der Waals surface area (Å²) in [7, 11) is 0. The number of aromatic nitrogens is 1. The molecule has 3 aromatic carbocycles. The van der Waals surface area contributed by atoms with Crippen LogP contribution in [0.2, 0.25) is 0 Å². The fourth-order valence-electron chi connectivity index (χ4n) is 3.58. The van der Waals surface area contributed by atoms with Gasteiger partial charge in [-0.2, -0.15) is 5.26 Å². The van der Waals surface area contributed by atoms with E-state index in [1.807, 2.05) is 95.6 Å². The van der Waals surface area contributed by atoms with Gasteiger partial charge in [-0.1, -0.05) is 66.7 Å². The molecule has 0 fully saturated rings. The van der Waals surface area contributed by atoms with Crippen molar-refractivity contribution in [1.29, 1.82) is 5.26 Å². The lowest BCUT2D eigenvalue weighted by Crippen LogP contribution is -2.23. The number of carbonyl (C=O) groups excluding carboxylic acids is 2. The first-order valence-electron chi connectivity index (χ1n) is 10.5. The summed E-state index contributed by atoms with van der Waals surface area (Å²) in [5.41, 5.74) is 3.21. The normalized spacial score (nSPS) is 11.1. The molecular weight excluding hydrogens is 412 g/mol. The summed E-state index contributed by atoms with van der Waals surface area (Å²) >= 11 is 0. The van der Waals surface area contributed by atoms with Gasteiger partial charge in [0.1, 0.15) is 18.2 Å². The van der Waals surface area contributed by atoms with E-state index in [1.165, 1.54) is 0 Å². The van der Waals surface area contributed by atoms with Crippen LogP contribution in [-0.4, -0.2) is 16.4 Å². The van der Waals surface area contributed by atoms with E-state index in [1.54, 1.807) is 12.3 Å². The molecule has 0 radical (unpaired) electrons. The molecule has 6 nitrogen and oxygen atoms in total. The summed E-state index contributed by atoms with van der Waals surface area (Å²) in [4.78, 5) is 25.2. The number of benzene rings is 3. The zero-order valence-electron chi connectivity index (χ0n) is 17.9. The van der Waals surface area contributed by atoms with E-state index in [9.17, 15) is 14.9 Å². The van der Waals surface area contributed by atoms with Crippen LogP contribution in [0.15, 0.2) is 96.7 Å². The SMILES string of the molecule is N#CC(=Cc1cn(CC(=O)Nc2ccccc2)c2ccccc12)C(=O)NCc1ccccc1. The van der Waals surface area contributed by atoms with E-state index in [2.05, 4.69) is 10.6 Å². The second-order valence-corrected chi connectivity index (χ2v) is 7.48. The molecule has 2 N–H and O–H groups in total. The Morgan fingerprint density at radius 2 is 1.58 bits per heavy atom. The maximum atomic E-state index is 12.6. The number of hydrogen-bond donors (Lipinski definition) is 2. The number of nitrogens with one attached hydrogen (secondary N) is 2. The predicted molar refractivity (Wildman–Crippen MR) is 129 cm³/mol. The van der Waals surface area contributed by atoms with E-state index in [-0.39, 0.29) is 18.0 Å². The van der Waals surface area contributed by atoms with Crippen molar-refractivity contribution in [1.82, 2.24) is 9.88 Å². The topological polar surface area (TPSA) is 86.9 Å². The van der Waals surface area contributed by atoms with Crippen molar-refractivity contribution in [3.63, 3.8) is 0 Å². The molecule has 0 aliphatic carbocycles. The Morgan fingerprint density at radius 3 is 2.30 bits per heavy atom. The molecule has 6 heteroatoms. The lowest BCUT2D eigenvalue weighted by Gasteiger charge is -2.07. The zero-order valence-corrected chi connectivity index (χ0v) is 17.9. The van der Waals surface area contributed by atoms with Gasteiger partial charge in [0.2, 0.25) is 5.91 Å². The predicted octanol–water partition coefficient (Wildman–Crippen LogP) is 4.50. The number of fused-ring (bicyclic) bond motifs is 1. The van der Waals surface area contributed by atoms with Gasteiger partial charge in [0.15, 0.2) is 0 Å². The molecule has 2 amide bonds. The van der Waals surface area contributed by atoms with E-state index in [4.69, 9.17) is 0 Å². The van der Waals surface area contributed by atoms with Crippen molar-refractivity contribution >= 4 is 34.5 Å². The maximum absolute atomic E-state index is 12.6. The molecule has 1 heterocycles. The fourth-order valence-corrected chi connectivity index (χ4v) is 3.58. The molecule has 0 saturated carbocycles. The Labute approximate surface area is 191 Å². The number of rotatable bonds is 7. The summed E-state index contributed by atoms with van der Waals surface area (Å²) in [6.07, 6.45) is 3.35. The third-order valence-corrected chi connectivity index (χ3v) is 5.15. The minimum absolute atomic E-state index is 0.00238. The van der Waals surface area contributed by atoms with E-state index in [0.717, 1.165) is 22.2 Å². The van der Waals surface area contributed by atoms with Gasteiger partial charge in [-0.15, -0.1) is 0 Å². The first kappa shape index (κ1) is 21.6. The van der Waals surface area contributed by atoms with Crippen LogP contribution in [0.4, 0.5) is 5.69 Å². The van der Waals surface area contributed by atoms with Gasteiger partial charge in [-0.25, -0.2) is 0 Å². The van der Waals surface area contributed by atoms with Crippen molar-refractivity contribution in [2.75, 3.05) is 5.32 Å². The van der Waals surface area contributed by atoms with Crippen LogP contribution in [-0.2, 0) is 22.7 Å². The summed E-state index contributed by atoms with van der Waals surface area (Å²) in [5.74, 6) is -0.612. The zero-order chi connectivity index (χ0) is 23.0. The fraction of sp³-hybridized carbons (Fsp3) is 0.0741. The van der Waals surface area contributed by atoms with Crippen LogP contribution in [0.5, 0.6) is 0 Å². The Balaban J connectivity index is 1.55. The van der Waals surface area contributed by atoms with Gasteiger partial charge in [0, 0.05) is 34.9 Å². The third-order valence-electron chi connectivity index (χ3n) is 5.15. The standard InChI is InChI=1S/C27H22N4O2/c28-16-21(27(33)29-17-20-9-3-1-4-10-20)15-22-18-31(25-14-8-7-13-24(22)25)19-26(32)30-23-11-5-2-6-12-23/h1-15,18H,17,19H2,(H,29,33)(H,30,32). The van der Waals surface area contributed by atoms with Crippen molar-refractivity contribution < 1.29 is 9.59 Å². The van der Waals surface area contributed by atoms with Crippen molar-refractivity contribution in [3.05, 3.63) is 108 Å². The molecule has 0 saturated heterocycles. The lowest BCUT2D eigenvalue weighted by molar-refractivity contribution is -0.117. The molecule has 4 rings (SSSR count). The molecule has 1 aromatic heterocycles. The minimum Gasteiger partial charge on any atom is -0.347 e. The van der Waals surface area contributed by atoms with Crippen LogP contribution < -0.4 is 10.6 Å². The largest absolute Gasteiger partial charge is 0.347 e. The highest BCUT2D eigenvalue weighted by Gasteiger charge is 2.14. The maximum Gasteiger partial charge on any atom is 0.262 e. The Morgan fingerprint density at radius 1 is 0.909 bits per heavy atom. The molecule has 4 aromatic rings. The summed E-state index contributed by atoms with van der Waals surface area (Å²) < 4.78 is 1.82. The molecular formula is C27H22N4O2. The average Bonchev–Trinajstić information content (AvgIpc) is 3.19. The van der Waals surface area contributed by atoms with E-state index < -0.39 is 5.91 Å². The van der Waals surface area contributed by atoms with Gasteiger partial charge in [0.25, 0.3) is 5.91 Å². The van der Waals surface area contributed by atoms with Gasteiger partial charge < -0.3 is 15.2 Å². The van der Waals surface area contributed by atoms with Crippen molar-refractivity contribution in [3.8, 4) is 6.07 Å². The van der Waals surface area contributed by atoms with Crippen LogP contribution in [0, 0.1) is 11.3 Å². The number of hydrogen-bond acceptors (Lipinski definition) is 3. The van der Waals surface area contributed by atoms with Crippen molar-refractivity contribution in [2.24, 2.45) is 0 Å². The van der Waals surface area contributed by atoms with Crippen LogP contribution in [0.1, 0.15) is 11.1 Å². The first-order valence-corrected chi connectivity index (χ1v) is 10.5. The number of para-hydroxylation sites is 2. The van der Waals surface area contributed by atoms with Crippen LogP contribution >= 0.6 is 0 Å². The Bertz CT molecular complexity index is 1350. The quantitative estimate of drug-likeness (QED) is 0.332. The monoisotopic (exact) mass is 434 g/mol. The van der Waals surface area contributed by atoms with Gasteiger partial charge in [0.05, 0.1) is 0 Å². The summed E-state index contributed by atoms with van der Waals surface area (Å²) in [5, 5.41) is 16.1. The second-order valence-electron chi connectivity index (χ2n) is 7.48. The average molecular weight is 434 g/mol. The molecule has 0 aliphatic heterocycles. The third kappa shape index (κ3) is 5.35. The van der Waals surface area contributed by atoms with Crippen LogP contribution in [0.25, 0.3) is 17.0 Å². The van der Waals surface area contributed by atoms with E-state index in [0.29, 0.717) is 12.1 Å². The Kier molecular flexibility index (Phi) is 6.62. The molecule has 0 atom stereocenters. The molecule has 162 valence electrons. The smallest absolute Gasteiger partial charge is 0.262 e. The second kappa shape index (κ2) is 10.1. The highest BCUT2D eigenvalue weighted by atomic mass is 16.2. The number of nitriles is 1. The van der Waals surface area contributed by atoms with Crippen LogP contribution in [0.3, 0.4) is 0 Å². The highest BCUT2D eigenvalue weighted by Crippen LogP contribution is 2.24. The highest BCUT2D eigenvalue weighted by molar-refractivity contribution is 6.04. The lowest BCUT2D eigenvalue weighted by atomic mass is 10.1. The number of amides is 2. The number of anilines is 1. The summed E-state index contributed by atoms with van der Waals surface area (Å²) in [6.45, 7) is 0.436. The first-order chi connectivity index (χ1) is 16.1. The molecule has 33 heavy (non-hydrogen) atoms. The number of nitrogens with zero attached hydrogens (tertiary/aromatic N) is 2. The van der Waals surface area contributed by atoms with Gasteiger partial charge in [-0.3, -0.25) is 9.59 Å². The molecule has 0 unspecified atom stereocenters. The van der Waals surface area contributed by atoms with E-state index >= 15 is 0 Å². The Hall–Kier alpha value is -4.63. The molecule has 0 spiro atoms. The minimum atomic E-state index is -0.444. The van der Waals surface area contributed by atoms with Gasteiger partial charge in [-0.05, 0) is 29.8 Å². The molecule has 0 aliphatic rings. The van der Waals surface area contributed by atoms with Crippen molar-refractivity contribution in [2.45, 2.75) is 13.1 Å². The molecule has 0 bridgehead atoms. The van der Waals surface area contributed by atoms with Gasteiger partial charge >= 0.3 is 0 Å².